The molecule has 0 amide bonds. The fourth-order valence-electron chi connectivity index (χ4n) is 2.59. The van der Waals surface area contributed by atoms with E-state index in [9.17, 15) is 5.11 Å². The molecule has 0 heterocycles. The van der Waals surface area contributed by atoms with Crippen molar-refractivity contribution in [3.63, 3.8) is 0 Å². The number of unbranched alkanes of at least 4 members (excludes halogenated alkanes) is 2. The summed E-state index contributed by atoms with van der Waals surface area (Å²) in [4.78, 5) is 0. The molecule has 0 saturated heterocycles. The van der Waals surface area contributed by atoms with Gasteiger partial charge in [0.25, 0.3) is 0 Å². The van der Waals surface area contributed by atoms with Gasteiger partial charge in [-0.25, -0.2) is 0 Å². The Kier molecular flexibility index (Phi) is 8.64. The van der Waals surface area contributed by atoms with E-state index < -0.39 is 0 Å². The van der Waals surface area contributed by atoms with Crippen molar-refractivity contribution in [2.24, 2.45) is 5.92 Å². The van der Waals surface area contributed by atoms with Gasteiger partial charge in [0.2, 0.25) is 0 Å². The Morgan fingerprint density at radius 2 is 2.06 bits per heavy atom. The molecule has 3 unspecified atom stereocenters. The van der Waals surface area contributed by atoms with Crippen LogP contribution in [0.5, 0.6) is 0 Å². The monoisotopic (exact) mass is 257 g/mol. The number of aliphatic hydroxyl groups excluding tert-OH is 1. The summed E-state index contributed by atoms with van der Waals surface area (Å²) in [5.41, 5.74) is 0. The number of aliphatic hydroxyl groups is 1. The summed E-state index contributed by atoms with van der Waals surface area (Å²) < 4.78 is 5.85. The van der Waals surface area contributed by atoms with E-state index >= 15 is 0 Å². The minimum absolute atomic E-state index is 0.360. The zero-order chi connectivity index (χ0) is 13.2. The van der Waals surface area contributed by atoms with Gasteiger partial charge in [-0.3, -0.25) is 0 Å². The normalized spacial score (nSPS) is 26.2. The van der Waals surface area contributed by atoms with Crippen LogP contribution in [0.15, 0.2) is 0 Å². The van der Waals surface area contributed by atoms with Crippen molar-refractivity contribution in [1.82, 2.24) is 5.32 Å². The van der Waals surface area contributed by atoms with Gasteiger partial charge >= 0.3 is 0 Å². The number of hydrogen-bond acceptors (Lipinski definition) is 3. The molecule has 3 nitrogen and oxygen atoms in total. The largest absolute Gasteiger partial charge is 0.389 e. The van der Waals surface area contributed by atoms with E-state index in [1.165, 1.54) is 38.5 Å². The van der Waals surface area contributed by atoms with E-state index in [1.54, 1.807) is 0 Å². The Hall–Kier alpha value is -0.120. The zero-order valence-corrected chi connectivity index (χ0v) is 12.2. The van der Waals surface area contributed by atoms with E-state index in [0.29, 0.717) is 25.2 Å². The zero-order valence-electron chi connectivity index (χ0n) is 12.2. The van der Waals surface area contributed by atoms with E-state index in [1.807, 2.05) is 0 Å². The summed E-state index contributed by atoms with van der Waals surface area (Å²) in [6.45, 7) is 6.61. The van der Waals surface area contributed by atoms with Crippen molar-refractivity contribution in [2.75, 3.05) is 19.7 Å². The summed E-state index contributed by atoms with van der Waals surface area (Å²) in [5, 5.41) is 13.1. The highest BCUT2D eigenvalue weighted by Gasteiger charge is 2.22. The van der Waals surface area contributed by atoms with Gasteiger partial charge in [-0.2, -0.15) is 0 Å². The Morgan fingerprint density at radius 1 is 1.28 bits per heavy atom. The maximum atomic E-state index is 9.84. The summed E-state index contributed by atoms with van der Waals surface area (Å²) in [5.74, 6) is 0.656. The third-order valence-electron chi connectivity index (χ3n) is 3.87. The molecule has 1 fully saturated rings. The van der Waals surface area contributed by atoms with E-state index in [0.717, 1.165) is 13.0 Å². The van der Waals surface area contributed by atoms with Gasteiger partial charge in [-0.05, 0) is 31.7 Å². The molecule has 0 aromatic rings. The SMILES string of the molecule is CCCCCNCC(O)COC1CCCCC1C. The van der Waals surface area contributed by atoms with Crippen molar-refractivity contribution in [3.8, 4) is 0 Å². The topological polar surface area (TPSA) is 41.5 Å². The highest BCUT2D eigenvalue weighted by Crippen LogP contribution is 2.26. The molecule has 1 aliphatic rings. The van der Waals surface area contributed by atoms with Gasteiger partial charge in [0.05, 0.1) is 18.8 Å². The number of hydrogen-bond donors (Lipinski definition) is 2. The number of rotatable bonds is 9. The molecule has 1 aliphatic carbocycles. The summed E-state index contributed by atoms with van der Waals surface area (Å²) >= 11 is 0. The first-order valence-corrected chi connectivity index (χ1v) is 7.74. The molecule has 0 aromatic carbocycles. The van der Waals surface area contributed by atoms with Crippen LogP contribution in [-0.2, 0) is 4.74 Å². The van der Waals surface area contributed by atoms with Gasteiger partial charge in [0.15, 0.2) is 0 Å². The summed E-state index contributed by atoms with van der Waals surface area (Å²) in [7, 11) is 0. The average Bonchev–Trinajstić information content (AvgIpc) is 2.37. The fourth-order valence-corrected chi connectivity index (χ4v) is 2.59. The molecule has 108 valence electrons. The second kappa shape index (κ2) is 9.76. The minimum Gasteiger partial charge on any atom is -0.389 e. The van der Waals surface area contributed by atoms with Crippen LogP contribution < -0.4 is 5.32 Å². The van der Waals surface area contributed by atoms with E-state index in [2.05, 4.69) is 19.2 Å². The van der Waals surface area contributed by atoms with E-state index in [-0.39, 0.29) is 6.10 Å². The molecule has 2 N–H and O–H groups in total. The third kappa shape index (κ3) is 6.72. The highest BCUT2D eigenvalue weighted by atomic mass is 16.5. The lowest BCUT2D eigenvalue weighted by molar-refractivity contribution is -0.0451. The summed E-state index contributed by atoms with van der Waals surface area (Å²) in [6.07, 6.45) is 8.77. The van der Waals surface area contributed by atoms with Crippen LogP contribution in [0.25, 0.3) is 0 Å². The van der Waals surface area contributed by atoms with Crippen molar-refractivity contribution in [1.29, 1.82) is 0 Å². The maximum absolute atomic E-state index is 9.84. The molecule has 0 aliphatic heterocycles. The Bertz CT molecular complexity index is 199. The predicted octanol–water partition coefficient (Wildman–Crippen LogP) is 2.72. The smallest absolute Gasteiger partial charge is 0.0897 e. The molecule has 0 aromatic heterocycles. The van der Waals surface area contributed by atoms with Crippen LogP contribution in [0, 0.1) is 5.92 Å². The lowest BCUT2D eigenvalue weighted by atomic mass is 9.88. The summed E-state index contributed by atoms with van der Waals surface area (Å²) in [6, 6.07) is 0. The van der Waals surface area contributed by atoms with Crippen LogP contribution in [0.2, 0.25) is 0 Å². The molecular formula is C15H31NO2. The molecule has 3 heteroatoms. The molecule has 18 heavy (non-hydrogen) atoms. The Balaban J connectivity index is 2.00. The molecule has 0 radical (unpaired) electrons. The van der Waals surface area contributed by atoms with E-state index in [4.69, 9.17) is 4.74 Å². The maximum Gasteiger partial charge on any atom is 0.0897 e. The van der Waals surface area contributed by atoms with Gasteiger partial charge in [0.1, 0.15) is 0 Å². The van der Waals surface area contributed by atoms with Crippen LogP contribution >= 0.6 is 0 Å². The minimum atomic E-state index is -0.360. The molecular weight excluding hydrogens is 226 g/mol. The van der Waals surface area contributed by atoms with Crippen LogP contribution in [0.4, 0.5) is 0 Å². The van der Waals surface area contributed by atoms with Crippen molar-refractivity contribution < 1.29 is 9.84 Å². The molecule has 1 saturated carbocycles. The van der Waals surface area contributed by atoms with Crippen LogP contribution in [0.3, 0.4) is 0 Å². The fraction of sp³-hybridized carbons (Fsp3) is 1.00. The van der Waals surface area contributed by atoms with Crippen molar-refractivity contribution in [2.45, 2.75) is 71.0 Å². The van der Waals surface area contributed by atoms with Crippen molar-refractivity contribution in [3.05, 3.63) is 0 Å². The van der Waals surface area contributed by atoms with Gasteiger partial charge < -0.3 is 15.2 Å². The standard InChI is InChI=1S/C15H31NO2/c1-3-4-7-10-16-11-14(17)12-18-15-9-6-5-8-13(15)2/h13-17H,3-12H2,1-2H3. The average molecular weight is 257 g/mol. The first-order chi connectivity index (χ1) is 8.74. The van der Waals surface area contributed by atoms with Crippen LogP contribution in [-0.4, -0.2) is 37.0 Å². The third-order valence-corrected chi connectivity index (χ3v) is 3.87. The number of ether oxygens (including phenoxy) is 1. The molecule has 3 atom stereocenters. The first-order valence-electron chi connectivity index (χ1n) is 7.74. The number of nitrogens with one attached hydrogen (secondary N) is 1. The van der Waals surface area contributed by atoms with Gasteiger partial charge in [-0.15, -0.1) is 0 Å². The molecule has 0 spiro atoms. The van der Waals surface area contributed by atoms with Gasteiger partial charge in [0, 0.05) is 6.54 Å². The Morgan fingerprint density at radius 3 is 2.78 bits per heavy atom. The lowest BCUT2D eigenvalue weighted by Crippen LogP contribution is -2.34. The molecule has 0 bridgehead atoms. The highest BCUT2D eigenvalue weighted by molar-refractivity contribution is 4.73. The van der Waals surface area contributed by atoms with Crippen molar-refractivity contribution >= 4 is 0 Å². The van der Waals surface area contributed by atoms with Crippen LogP contribution in [0.1, 0.15) is 58.8 Å². The molecule has 1 rings (SSSR count). The van der Waals surface area contributed by atoms with Gasteiger partial charge in [-0.1, -0.05) is 39.5 Å². The predicted molar refractivity (Wildman–Crippen MR) is 75.8 cm³/mol. The second-order valence-corrected chi connectivity index (χ2v) is 5.70. The Labute approximate surface area is 112 Å². The lowest BCUT2D eigenvalue weighted by Gasteiger charge is -2.29. The first kappa shape index (κ1) is 15.9. The quantitative estimate of drug-likeness (QED) is 0.624. The second-order valence-electron chi connectivity index (χ2n) is 5.70.